The minimum atomic E-state index is 0.150. The fourth-order valence-corrected chi connectivity index (χ4v) is 2.49. The lowest BCUT2D eigenvalue weighted by Gasteiger charge is -2.24. The standard InChI is InChI=1S/C17H26N2O/c1-11(2)7-8-19(14-5-6-14)17(20)15-10-16(18)13(4)9-12(15)3/h9-11,14H,5-8,18H2,1-4H3. The van der Waals surface area contributed by atoms with Crippen molar-refractivity contribution in [2.45, 2.75) is 53.0 Å². The molecule has 1 aromatic carbocycles. The Morgan fingerprint density at radius 2 is 1.95 bits per heavy atom. The summed E-state index contributed by atoms with van der Waals surface area (Å²) in [6, 6.07) is 4.30. The molecule has 2 rings (SSSR count). The average molecular weight is 274 g/mol. The largest absolute Gasteiger partial charge is 0.398 e. The molecule has 3 nitrogen and oxygen atoms in total. The first kappa shape index (κ1) is 14.9. The highest BCUT2D eigenvalue weighted by molar-refractivity contribution is 5.97. The van der Waals surface area contributed by atoms with Crippen molar-refractivity contribution < 1.29 is 4.79 Å². The molecule has 0 aromatic heterocycles. The van der Waals surface area contributed by atoms with E-state index in [0.717, 1.165) is 42.5 Å². The van der Waals surface area contributed by atoms with Gasteiger partial charge in [-0.05, 0) is 56.2 Å². The molecule has 1 aromatic rings. The third kappa shape index (κ3) is 3.33. The van der Waals surface area contributed by atoms with Crippen molar-refractivity contribution in [1.82, 2.24) is 4.90 Å². The fraction of sp³-hybridized carbons (Fsp3) is 0.588. The van der Waals surface area contributed by atoms with Gasteiger partial charge in [-0.15, -0.1) is 0 Å². The molecule has 1 aliphatic carbocycles. The summed E-state index contributed by atoms with van der Waals surface area (Å²) in [4.78, 5) is 14.8. The molecule has 1 saturated carbocycles. The van der Waals surface area contributed by atoms with Gasteiger partial charge in [0.05, 0.1) is 0 Å². The summed E-state index contributed by atoms with van der Waals surface area (Å²) in [5, 5.41) is 0. The van der Waals surface area contributed by atoms with E-state index in [1.165, 1.54) is 0 Å². The molecular formula is C17H26N2O. The van der Waals surface area contributed by atoms with Gasteiger partial charge in [0, 0.05) is 23.8 Å². The smallest absolute Gasteiger partial charge is 0.254 e. The molecule has 0 spiro atoms. The Morgan fingerprint density at radius 1 is 1.30 bits per heavy atom. The van der Waals surface area contributed by atoms with Crippen molar-refractivity contribution in [2.75, 3.05) is 12.3 Å². The van der Waals surface area contributed by atoms with Crippen LogP contribution in [0.25, 0.3) is 0 Å². The highest BCUT2D eigenvalue weighted by atomic mass is 16.2. The van der Waals surface area contributed by atoms with Crippen LogP contribution >= 0.6 is 0 Å². The Bertz CT molecular complexity index is 504. The van der Waals surface area contributed by atoms with Gasteiger partial charge in [-0.3, -0.25) is 4.79 Å². The number of carbonyl (C=O) groups is 1. The number of rotatable bonds is 5. The molecule has 1 aliphatic rings. The summed E-state index contributed by atoms with van der Waals surface area (Å²) in [5.41, 5.74) is 9.51. The Labute approximate surface area is 122 Å². The third-order valence-electron chi connectivity index (χ3n) is 4.04. The van der Waals surface area contributed by atoms with Crippen molar-refractivity contribution in [2.24, 2.45) is 5.92 Å². The topological polar surface area (TPSA) is 46.3 Å². The van der Waals surface area contributed by atoms with E-state index in [-0.39, 0.29) is 5.91 Å². The second-order valence-electron chi connectivity index (χ2n) is 6.44. The second kappa shape index (κ2) is 5.86. The molecule has 2 N–H and O–H groups in total. The number of nitrogens with two attached hydrogens (primary N) is 1. The van der Waals surface area contributed by atoms with Crippen LogP contribution in [0.1, 0.15) is 54.6 Å². The zero-order valence-corrected chi connectivity index (χ0v) is 13.1. The molecule has 20 heavy (non-hydrogen) atoms. The molecule has 110 valence electrons. The maximum Gasteiger partial charge on any atom is 0.254 e. The van der Waals surface area contributed by atoms with Gasteiger partial charge >= 0.3 is 0 Å². The van der Waals surface area contributed by atoms with Crippen LogP contribution < -0.4 is 5.73 Å². The molecule has 0 saturated heterocycles. The number of amides is 1. The molecule has 0 atom stereocenters. The number of benzene rings is 1. The maximum absolute atomic E-state index is 12.8. The zero-order chi connectivity index (χ0) is 14.9. The van der Waals surface area contributed by atoms with Crippen LogP contribution in [0.5, 0.6) is 0 Å². The maximum atomic E-state index is 12.8. The van der Waals surface area contributed by atoms with Crippen molar-refractivity contribution >= 4 is 11.6 Å². The van der Waals surface area contributed by atoms with E-state index in [0.29, 0.717) is 17.6 Å². The first-order valence-corrected chi connectivity index (χ1v) is 7.57. The predicted octanol–water partition coefficient (Wildman–Crippen LogP) is 3.54. The Kier molecular flexibility index (Phi) is 4.36. The highest BCUT2D eigenvalue weighted by Crippen LogP contribution is 2.30. The van der Waals surface area contributed by atoms with Crippen molar-refractivity contribution in [3.63, 3.8) is 0 Å². The molecule has 0 aliphatic heterocycles. The number of anilines is 1. The number of nitrogen functional groups attached to an aromatic ring is 1. The summed E-state index contributed by atoms with van der Waals surface area (Å²) in [5.74, 6) is 0.769. The molecule has 0 bridgehead atoms. The molecule has 0 heterocycles. The minimum Gasteiger partial charge on any atom is -0.398 e. The number of nitrogens with zero attached hydrogens (tertiary/aromatic N) is 1. The van der Waals surface area contributed by atoms with Gasteiger partial charge in [0.1, 0.15) is 0 Å². The molecule has 3 heteroatoms. The summed E-state index contributed by atoms with van der Waals surface area (Å²) < 4.78 is 0. The van der Waals surface area contributed by atoms with E-state index in [1.54, 1.807) is 0 Å². The Balaban J connectivity index is 2.21. The molecular weight excluding hydrogens is 248 g/mol. The van der Waals surface area contributed by atoms with Crippen LogP contribution in [-0.2, 0) is 0 Å². The van der Waals surface area contributed by atoms with E-state index in [2.05, 4.69) is 18.7 Å². The van der Waals surface area contributed by atoms with Gasteiger partial charge in [-0.2, -0.15) is 0 Å². The first-order valence-electron chi connectivity index (χ1n) is 7.57. The van der Waals surface area contributed by atoms with Crippen LogP contribution in [-0.4, -0.2) is 23.4 Å². The molecule has 0 radical (unpaired) electrons. The lowest BCUT2D eigenvalue weighted by molar-refractivity contribution is 0.0735. The highest BCUT2D eigenvalue weighted by Gasteiger charge is 2.33. The second-order valence-corrected chi connectivity index (χ2v) is 6.44. The third-order valence-corrected chi connectivity index (χ3v) is 4.04. The van der Waals surface area contributed by atoms with Crippen molar-refractivity contribution in [1.29, 1.82) is 0 Å². The molecule has 1 fully saturated rings. The van der Waals surface area contributed by atoms with E-state index in [9.17, 15) is 4.79 Å². The lowest BCUT2D eigenvalue weighted by atomic mass is 10.0. The Morgan fingerprint density at radius 3 is 2.50 bits per heavy atom. The van der Waals surface area contributed by atoms with Crippen molar-refractivity contribution in [3.05, 3.63) is 28.8 Å². The monoisotopic (exact) mass is 274 g/mol. The summed E-state index contributed by atoms with van der Waals surface area (Å²) in [6.07, 6.45) is 3.34. The number of aryl methyl sites for hydroxylation is 2. The van der Waals surface area contributed by atoms with Crippen molar-refractivity contribution in [3.8, 4) is 0 Å². The van der Waals surface area contributed by atoms with Gasteiger partial charge in [0.2, 0.25) is 0 Å². The summed E-state index contributed by atoms with van der Waals surface area (Å²) in [7, 11) is 0. The SMILES string of the molecule is Cc1cc(C)c(C(=O)N(CCC(C)C)C2CC2)cc1N. The quantitative estimate of drug-likeness (QED) is 0.835. The van der Waals surface area contributed by atoms with E-state index in [4.69, 9.17) is 5.73 Å². The van der Waals surface area contributed by atoms with Crippen LogP contribution in [0.4, 0.5) is 5.69 Å². The number of hydrogen-bond acceptors (Lipinski definition) is 2. The van der Waals surface area contributed by atoms with E-state index >= 15 is 0 Å². The van der Waals surface area contributed by atoms with Gasteiger partial charge < -0.3 is 10.6 Å². The number of carbonyl (C=O) groups excluding carboxylic acids is 1. The Hall–Kier alpha value is -1.51. The van der Waals surface area contributed by atoms with Crippen LogP contribution in [0.15, 0.2) is 12.1 Å². The van der Waals surface area contributed by atoms with Gasteiger partial charge in [-0.25, -0.2) is 0 Å². The summed E-state index contributed by atoms with van der Waals surface area (Å²) in [6.45, 7) is 9.23. The van der Waals surface area contributed by atoms with Crippen LogP contribution in [0.2, 0.25) is 0 Å². The van der Waals surface area contributed by atoms with Gasteiger partial charge in [0.25, 0.3) is 5.91 Å². The zero-order valence-electron chi connectivity index (χ0n) is 13.1. The minimum absolute atomic E-state index is 0.150. The molecule has 0 unspecified atom stereocenters. The first-order chi connectivity index (χ1) is 9.40. The van der Waals surface area contributed by atoms with E-state index in [1.807, 2.05) is 26.0 Å². The fourth-order valence-electron chi connectivity index (χ4n) is 2.49. The van der Waals surface area contributed by atoms with Crippen LogP contribution in [0, 0.1) is 19.8 Å². The van der Waals surface area contributed by atoms with Gasteiger partial charge in [-0.1, -0.05) is 19.9 Å². The lowest BCUT2D eigenvalue weighted by Crippen LogP contribution is -2.35. The molecule has 1 amide bonds. The average Bonchev–Trinajstić information content (AvgIpc) is 3.18. The van der Waals surface area contributed by atoms with Crippen LogP contribution in [0.3, 0.4) is 0 Å². The number of hydrogen-bond donors (Lipinski definition) is 1. The van der Waals surface area contributed by atoms with E-state index < -0.39 is 0 Å². The predicted molar refractivity (Wildman–Crippen MR) is 83.8 cm³/mol. The summed E-state index contributed by atoms with van der Waals surface area (Å²) >= 11 is 0. The van der Waals surface area contributed by atoms with Gasteiger partial charge in [0.15, 0.2) is 0 Å². The normalized spacial score (nSPS) is 14.7.